The van der Waals surface area contributed by atoms with Crippen LogP contribution in [0.25, 0.3) is 0 Å². The highest BCUT2D eigenvalue weighted by Crippen LogP contribution is 2.35. The quantitative estimate of drug-likeness (QED) is 0.827. The highest BCUT2D eigenvalue weighted by molar-refractivity contribution is 9.10. The van der Waals surface area contributed by atoms with Crippen LogP contribution in [-0.2, 0) is 10.0 Å². The molecule has 1 aromatic rings. The van der Waals surface area contributed by atoms with Gasteiger partial charge in [0.1, 0.15) is 4.90 Å². The Morgan fingerprint density at radius 3 is 2.33 bits per heavy atom. The Balaban J connectivity index is 2.22. The molecule has 1 aliphatic rings. The Bertz CT molecular complexity index is 597. The van der Waals surface area contributed by atoms with Gasteiger partial charge in [-0.05, 0) is 40.8 Å². The highest BCUT2D eigenvalue weighted by atomic mass is 79.9. The Kier molecular flexibility index (Phi) is 5.51. The lowest BCUT2D eigenvalue weighted by atomic mass is 10.1. The van der Waals surface area contributed by atoms with E-state index >= 15 is 0 Å². The number of halogens is 1. The number of hydrogen-bond donors (Lipinski definition) is 1. The van der Waals surface area contributed by atoms with E-state index in [1.807, 2.05) is 0 Å². The van der Waals surface area contributed by atoms with E-state index in [-0.39, 0.29) is 4.90 Å². The van der Waals surface area contributed by atoms with Crippen LogP contribution in [0.4, 0.5) is 0 Å². The number of nitrogens with one attached hydrogen (secondary N) is 1. The van der Waals surface area contributed by atoms with E-state index in [2.05, 4.69) is 20.7 Å². The second-order valence-electron chi connectivity index (χ2n) is 5.14. The summed E-state index contributed by atoms with van der Waals surface area (Å²) in [6.45, 7) is 0.489. The van der Waals surface area contributed by atoms with Crippen molar-refractivity contribution in [1.29, 1.82) is 0 Å². The van der Waals surface area contributed by atoms with Crippen molar-refractivity contribution < 1.29 is 17.9 Å². The van der Waals surface area contributed by atoms with Crippen LogP contribution in [0, 0.1) is 5.92 Å². The summed E-state index contributed by atoms with van der Waals surface area (Å²) < 4.78 is 38.4. The van der Waals surface area contributed by atoms with Gasteiger partial charge in [-0.2, -0.15) is 0 Å². The minimum Gasteiger partial charge on any atom is -0.493 e. The van der Waals surface area contributed by atoms with Gasteiger partial charge in [0.25, 0.3) is 0 Å². The number of methoxy groups -OCH3 is 2. The molecule has 0 aromatic heterocycles. The third-order valence-corrected chi connectivity index (χ3v) is 6.15. The number of ether oxygens (including phenoxy) is 2. The molecule has 1 N–H and O–H groups in total. The van der Waals surface area contributed by atoms with Crippen molar-refractivity contribution in [2.75, 3.05) is 20.8 Å². The first-order valence-corrected chi connectivity index (χ1v) is 9.16. The Hall–Kier alpha value is -0.790. The summed E-state index contributed by atoms with van der Waals surface area (Å²) in [4.78, 5) is 0.165. The molecule has 0 heterocycles. The summed E-state index contributed by atoms with van der Waals surface area (Å²) in [6.07, 6.45) is 4.56. The van der Waals surface area contributed by atoms with Gasteiger partial charge >= 0.3 is 0 Å². The molecule has 0 unspecified atom stereocenters. The van der Waals surface area contributed by atoms with Gasteiger partial charge in [0.15, 0.2) is 11.5 Å². The average Bonchev–Trinajstić information content (AvgIpc) is 2.98. The molecule has 0 bridgehead atoms. The van der Waals surface area contributed by atoms with Crippen LogP contribution in [0.3, 0.4) is 0 Å². The van der Waals surface area contributed by atoms with Crippen molar-refractivity contribution in [1.82, 2.24) is 4.72 Å². The maximum Gasteiger partial charge on any atom is 0.241 e. The van der Waals surface area contributed by atoms with E-state index in [1.165, 1.54) is 33.1 Å². The zero-order chi connectivity index (χ0) is 15.5. The molecule has 0 aliphatic heterocycles. The zero-order valence-corrected chi connectivity index (χ0v) is 14.6. The lowest BCUT2D eigenvalue weighted by Crippen LogP contribution is -2.28. The van der Waals surface area contributed by atoms with Crippen LogP contribution in [0.5, 0.6) is 11.5 Å². The van der Waals surface area contributed by atoms with Crippen molar-refractivity contribution in [3.63, 3.8) is 0 Å². The monoisotopic (exact) mass is 377 g/mol. The lowest BCUT2D eigenvalue weighted by molar-refractivity contribution is 0.353. The fourth-order valence-corrected chi connectivity index (χ4v) is 4.71. The van der Waals surface area contributed by atoms with Gasteiger partial charge in [-0.25, -0.2) is 13.1 Å². The first-order chi connectivity index (χ1) is 9.97. The Labute approximate surface area is 134 Å². The molecule has 21 heavy (non-hydrogen) atoms. The molecule has 0 spiro atoms. The fraction of sp³-hybridized carbons (Fsp3) is 0.571. The van der Waals surface area contributed by atoms with Crippen LogP contribution in [0.1, 0.15) is 25.7 Å². The van der Waals surface area contributed by atoms with Crippen LogP contribution in [0.2, 0.25) is 0 Å². The van der Waals surface area contributed by atoms with Gasteiger partial charge in [-0.15, -0.1) is 0 Å². The molecular weight excluding hydrogens is 358 g/mol. The molecule has 1 aromatic carbocycles. The number of sulfonamides is 1. The van der Waals surface area contributed by atoms with Gasteiger partial charge in [-0.3, -0.25) is 0 Å². The molecule has 1 saturated carbocycles. The van der Waals surface area contributed by atoms with Crippen molar-refractivity contribution in [3.05, 3.63) is 16.6 Å². The van der Waals surface area contributed by atoms with Crippen LogP contribution in [-0.4, -0.2) is 29.2 Å². The van der Waals surface area contributed by atoms with Crippen LogP contribution >= 0.6 is 15.9 Å². The normalized spacial score (nSPS) is 16.1. The van der Waals surface area contributed by atoms with Gasteiger partial charge in [-0.1, -0.05) is 12.8 Å². The first kappa shape index (κ1) is 16.6. The molecule has 0 radical (unpaired) electrons. The molecule has 0 atom stereocenters. The van der Waals surface area contributed by atoms with Crippen molar-refractivity contribution >= 4 is 26.0 Å². The molecule has 0 amide bonds. The molecule has 118 valence electrons. The van der Waals surface area contributed by atoms with E-state index in [1.54, 1.807) is 6.07 Å². The standard InChI is InChI=1S/C14H20BrNO4S/c1-19-12-7-11(15)14(8-13(12)20-2)21(17,18)16-9-10-5-3-4-6-10/h7-8,10,16H,3-6,9H2,1-2H3. The maximum atomic E-state index is 12.4. The zero-order valence-electron chi connectivity index (χ0n) is 12.2. The van der Waals surface area contributed by atoms with E-state index in [0.717, 1.165) is 12.8 Å². The van der Waals surface area contributed by atoms with E-state index in [9.17, 15) is 8.42 Å². The molecule has 1 fully saturated rings. The molecule has 5 nitrogen and oxygen atoms in total. The summed E-state index contributed by atoms with van der Waals surface area (Å²) in [7, 11) is -0.577. The summed E-state index contributed by atoms with van der Waals surface area (Å²) in [6, 6.07) is 3.07. The molecule has 2 rings (SSSR count). The van der Waals surface area contributed by atoms with Gasteiger partial charge in [0.05, 0.1) is 14.2 Å². The second-order valence-corrected chi connectivity index (χ2v) is 7.73. The van der Waals surface area contributed by atoms with Gasteiger partial charge in [0.2, 0.25) is 10.0 Å². The van der Waals surface area contributed by atoms with Crippen molar-refractivity contribution in [2.45, 2.75) is 30.6 Å². The van der Waals surface area contributed by atoms with E-state index in [0.29, 0.717) is 28.4 Å². The largest absolute Gasteiger partial charge is 0.493 e. The molecule has 7 heteroatoms. The SMILES string of the molecule is COc1cc(Br)c(S(=O)(=O)NCC2CCCC2)cc1OC. The summed E-state index contributed by atoms with van der Waals surface area (Å²) in [5.41, 5.74) is 0. The van der Waals surface area contributed by atoms with Crippen LogP contribution < -0.4 is 14.2 Å². The average molecular weight is 378 g/mol. The van der Waals surface area contributed by atoms with Gasteiger partial charge in [0, 0.05) is 17.1 Å². The molecule has 0 saturated heterocycles. The highest BCUT2D eigenvalue weighted by Gasteiger charge is 2.23. The summed E-state index contributed by atoms with van der Waals surface area (Å²) in [5, 5.41) is 0. The number of hydrogen-bond acceptors (Lipinski definition) is 4. The fourth-order valence-electron chi connectivity index (χ4n) is 2.56. The van der Waals surface area contributed by atoms with Gasteiger partial charge < -0.3 is 9.47 Å². The third-order valence-electron chi connectivity index (χ3n) is 3.76. The summed E-state index contributed by atoms with van der Waals surface area (Å²) in [5.74, 6) is 1.32. The van der Waals surface area contributed by atoms with Crippen molar-refractivity contribution in [2.24, 2.45) is 5.92 Å². The Morgan fingerprint density at radius 2 is 1.76 bits per heavy atom. The first-order valence-electron chi connectivity index (χ1n) is 6.89. The third kappa shape index (κ3) is 3.90. The summed E-state index contributed by atoms with van der Waals surface area (Å²) >= 11 is 3.29. The van der Waals surface area contributed by atoms with E-state index < -0.39 is 10.0 Å². The van der Waals surface area contributed by atoms with Crippen molar-refractivity contribution in [3.8, 4) is 11.5 Å². The molecule has 1 aliphatic carbocycles. The maximum absolute atomic E-state index is 12.4. The number of benzene rings is 1. The predicted molar refractivity (Wildman–Crippen MR) is 84.4 cm³/mol. The van der Waals surface area contributed by atoms with E-state index in [4.69, 9.17) is 9.47 Å². The second kappa shape index (κ2) is 6.98. The topological polar surface area (TPSA) is 64.6 Å². The predicted octanol–water partition coefficient (Wildman–Crippen LogP) is 2.93. The minimum atomic E-state index is -3.57. The smallest absolute Gasteiger partial charge is 0.241 e. The number of rotatable bonds is 6. The minimum absolute atomic E-state index is 0.165. The van der Waals surface area contributed by atoms with Crippen LogP contribution in [0.15, 0.2) is 21.5 Å². The molecular formula is C14H20BrNO4S. The lowest BCUT2D eigenvalue weighted by Gasteiger charge is -2.14. The Morgan fingerprint density at radius 1 is 1.19 bits per heavy atom.